The first-order valence-electron chi connectivity index (χ1n) is 7.45. The van der Waals surface area contributed by atoms with E-state index in [1.165, 1.54) is 48.3 Å². The fourth-order valence-corrected chi connectivity index (χ4v) is 2.85. The minimum Gasteiger partial charge on any atom is -0.337 e. The van der Waals surface area contributed by atoms with E-state index in [1.54, 1.807) is 0 Å². The highest BCUT2D eigenvalue weighted by Gasteiger charge is 2.30. The van der Waals surface area contributed by atoms with Crippen LogP contribution in [0.25, 0.3) is 0 Å². The lowest BCUT2D eigenvalue weighted by atomic mass is 10.1. The minimum absolute atomic E-state index is 0.112. The van der Waals surface area contributed by atoms with Crippen molar-refractivity contribution in [1.82, 2.24) is 4.90 Å². The van der Waals surface area contributed by atoms with Gasteiger partial charge in [0, 0.05) is 24.8 Å². The summed E-state index contributed by atoms with van der Waals surface area (Å²) in [6.45, 7) is 0.112. The SMILES string of the molecule is CN(Cc1ccc(C(F)(F)F)cc1)C(=O)c1cccc(NS(C)(=O)=O)c1. The first-order chi connectivity index (χ1) is 12.0. The molecule has 0 aliphatic carbocycles. The molecule has 0 aromatic heterocycles. The lowest BCUT2D eigenvalue weighted by Crippen LogP contribution is -2.26. The van der Waals surface area contributed by atoms with Crippen LogP contribution in [0.4, 0.5) is 18.9 Å². The number of nitrogens with zero attached hydrogens (tertiary/aromatic N) is 1. The highest BCUT2D eigenvalue weighted by atomic mass is 32.2. The van der Waals surface area contributed by atoms with E-state index in [-0.39, 0.29) is 23.7 Å². The summed E-state index contributed by atoms with van der Waals surface area (Å²) in [5.41, 5.74) is 0.295. The van der Waals surface area contributed by atoms with E-state index in [1.807, 2.05) is 0 Å². The second kappa shape index (κ2) is 7.36. The van der Waals surface area contributed by atoms with Gasteiger partial charge in [-0.3, -0.25) is 9.52 Å². The molecule has 1 amide bonds. The third-order valence-electron chi connectivity index (χ3n) is 3.46. The Morgan fingerprint density at radius 3 is 2.27 bits per heavy atom. The minimum atomic E-state index is -4.41. The van der Waals surface area contributed by atoms with Crippen LogP contribution >= 0.6 is 0 Å². The summed E-state index contributed by atoms with van der Waals surface area (Å²) in [5.74, 6) is -0.387. The fraction of sp³-hybridized carbons (Fsp3) is 0.235. The highest BCUT2D eigenvalue weighted by molar-refractivity contribution is 7.92. The van der Waals surface area contributed by atoms with Crippen LogP contribution < -0.4 is 4.72 Å². The summed E-state index contributed by atoms with van der Waals surface area (Å²) < 4.78 is 62.5. The molecule has 0 saturated heterocycles. The molecule has 2 aromatic carbocycles. The lowest BCUT2D eigenvalue weighted by Gasteiger charge is -2.18. The Morgan fingerprint density at radius 1 is 1.12 bits per heavy atom. The van der Waals surface area contributed by atoms with Gasteiger partial charge in [0.15, 0.2) is 0 Å². The Balaban J connectivity index is 2.11. The molecule has 9 heteroatoms. The van der Waals surface area contributed by atoms with Gasteiger partial charge in [0.1, 0.15) is 0 Å². The Labute approximate surface area is 149 Å². The molecule has 0 heterocycles. The van der Waals surface area contributed by atoms with E-state index in [0.29, 0.717) is 5.56 Å². The van der Waals surface area contributed by atoms with Crippen molar-refractivity contribution in [2.45, 2.75) is 12.7 Å². The maximum Gasteiger partial charge on any atom is 0.416 e. The molecule has 0 fully saturated rings. The Kier molecular flexibility index (Phi) is 5.60. The predicted molar refractivity (Wildman–Crippen MR) is 92.2 cm³/mol. The van der Waals surface area contributed by atoms with Gasteiger partial charge in [-0.25, -0.2) is 8.42 Å². The van der Waals surface area contributed by atoms with Crippen LogP contribution in [0.15, 0.2) is 48.5 Å². The highest BCUT2D eigenvalue weighted by Crippen LogP contribution is 2.29. The standard InChI is InChI=1S/C17H17F3N2O3S/c1-22(11-12-6-8-14(9-7-12)17(18,19)20)16(23)13-4-3-5-15(10-13)21-26(2,24)25/h3-10,21H,11H2,1-2H3. The van der Waals surface area contributed by atoms with Gasteiger partial charge in [-0.1, -0.05) is 18.2 Å². The smallest absolute Gasteiger partial charge is 0.337 e. The fourth-order valence-electron chi connectivity index (χ4n) is 2.29. The maximum atomic E-state index is 12.6. The van der Waals surface area contributed by atoms with E-state index in [4.69, 9.17) is 0 Å². The number of carbonyl (C=O) groups is 1. The number of benzene rings is 2. The zero-order valence-corrected chi connectivity index (χ0v) is 14.9. The number of anilines is 1. The van der Waals surface area contributed by atoms with Crippen molar-refractivity contribution in [3.63, 3.8) is 0 Å². The number of rotatable bonds is 5. The van der Waals surface area contributed by atoms with Crippen molar-refractivity contribution >= 4 is 21.6 Å². The van der Waals surface area contributed by atoms with Gasteiger partial charge < -0.3 is 4.90 Å². The van der Waals surface area contributed by atoms with E-state index >= 15 is 0 Å². The molecule has 0 bridgehead atoms. The zero-order chi connectivity index (χ0) is 19.5. The molecular formula is C17H17F3N2O3S. The van der Waals surface area contributed by atoms with E-state index < -0.39 is 21.8 Å². The van der Waals surface area contributed by atoms with Crippen LogP contribution in [0.3, 0.4) is 0 Å². The maximum absolute atomic E-state index is 12.6. The van der Waals surface area contributed by atoms with E-state index in [9.17, 15) is 26.4 Å². The number of halogens is 3. The van der Waals surface area contributed by atoms with Crippen molar-refractivity contribution in [1.29, 1.82) is 0 Å². The van der Waals surface area contributed by atoms with Gasteiger partial charge in [-0.2, -0.15) is 13.2 Å². The first-order valence-corrected chi connectivity index (χ1v) is 9.34. The Morgan fingerprint density at radius 2 is 1.73 bits per heavy atom. The molecule has 0 spiro atoms. The van der Waals surface area contributed by atoms with Crippen LogP contribution in [0.1, 0.15) is 21.5 Å². The number of carbonyl (C=O) groups excluding carboxylic acids is 1. The number of amides is 1. The van der Waals surface area contributed by atoms with Gasteiger partial charge in [0.2, 0.25) is 10.0 Å². The van der Waals surface area contributed by atoms with Gasteiger partial charge in [-0.05, 0) is 35.9 Å². The van der Waals surface area contributed by atoms with E-state index in [2.05, 4.69) is 4.72 Å². The average Bonchev–Trinajstić information content (AvgIpc) is 2.52. The van der Waals surface area contributed by atoms with Crippen molar-refractivity contribution in [2.24, 2.45) is 0 Å². The Bertz CT molecular complexity index is 894. The monoisotopic (exact) mass is 386 g/mol. The van der Waals surface area contributed by atoms with Crippen LogP contribution in [0.2, 0.25) is 0 Å². The number of alkyl halides is 3. The molecule has 0 radical (unpaired) electrons. The number of nitrogens with one attached hydrogen (secondary N) is 1. The number of hydrogen-bond acceptors (Lipinski definition) is 3. The van der Waals surface area contributed by atoms with Crippen molar-refractivity contribution in [3.8, 4) is 0 Å². The van der Waals surface area contributed by atoms with Crippen molar-refractivity contribution in [3.05, 3.63) is 65.2 Å². The van der Waals surface area contributed by atoms with Gasteiger partial charge in [0.25, 0.3) is 5.91 Å². The third-order valence-corrected chi connectivity index (χ3v) is 4.07. The molecule has 140 valence electrons. The predicted octanol–water partition coefficient (Wildman–Crippen LogP) is 3.35. The molecule has 2 aromatic rings. The molecule has 26 heavy (non-hydrogen) atoms. The van der Waals surface area contributed by atoms with E-state index in [0.717, 1.165) is 18.4 Å². The zero-order valence-electron chi connectivity index (χ0n) is 14.0. The molecule has 1 N–H and O–H groups in total. The lowest BCUT2D eigenvalue weighted by molar-refractivity contribution is -0.137. The summed E-state index contributed by atoms with van der Waals surface area (Å²) in [6.07, 6.45) is -3.41. The summed E-state index contributed by atoms with van der Waals surface area (Å²) in [4.78, 5) is 13.8. The molecule has 0 saturated carbocycles. The molecule has 0 atom stereocenters. The van der Waals surface area contributed by atoms with Gasteiger partial charge in [-0.15, -0.1) is 0 Å². The normalized spacial score (nSPS) is 11.9. The molecular weight excluding hydrogens is 369 g/mol. The Hall–Kier alpha value is -2.55. The van der Waals surface area contributed by atoms with Gasteiger partial charge >= 0.3 is 6.18 Å². The second-order valence-corrected chi connectivity index (χ2v) is 7.56. The van der Waals surface area contributed by atoms with Gasteiger partial charge in [0.05, 0.1) is 11.8 Å². The molecule has 0 aliphatic rings. The summed E-state index contributed by atoms with van der Waals surface area (Å²) in [6, 6.07) is 10.5. The molecule has 0 aliphatic heterocycles. The largest absolute Gasteiger partial charge is 0.416 e. The third kappa shape index (κ3) is 5.48. The second-order valence-electron chi connectivity index (χ2n) is 5.81. The quantitative estimate of drug-likeness (QED) is 0.857. The summed E-state index contributed by atoms with van der Waals surface area (Å²) in [5, 5.41) is 0. The van der Waals surface area contributed by atoms with Crippen LogP contribution in [0.5, 0.6) is 0 Å². The first kappa shape index (κ1) is 19.8. The van der Waals surface area contributed by atoms with Crippen LogP contribution in [-0.4, -0.2) is 32.5 Å². The van der Waals surface area contributed by atoms with Crippen LogP contribution in [-0.2, 0) is 22.7 Å². The van der Waals surface area contributed by atoms with Crippen molar-refractivity contribution < 1.29 is 26.4 Å². The molecule has 0 unspecified atom stereocenters. The number of sulfonamides is 1. The number of hydrogen-bond donors (Lipinski definition) is 1. The molecule has 5 nitrogen and oxygen atoms in total. The van der Waals surface area contributed by atoms with Crippen LogP contribution in [0, 0.1) is 0 Å². The topological polar surface area (TPSA) is 66.5 Å². The van der Waals surface area contributed by atoms with Crippen molar-refractivity contribution in [2.75, 3.05) is 18.0 Å². The molecule has 2 rings (SSSR count). The summed E-state index contributed by atoms with van der Waals surface area (Å²) >= 11 is 0. The summed E-state index contributed by atoms with van der Waals surface area (Å²) in [7, 11) is -1.96. The average molecular weight is 386 g/mol.